The van der Waals surface area contributed by atoms with E-state index in [4.69, 9.17) is 20.9 Å². The van der Waals surface area contributed by atoms with E-state index >= 15 is 0 Å². The third-order valence-corrected chi connectivity index (χ3v) is 7.57. The number of hydrogen-bond acceptors (Lipinski definition) is 5. The monoisotopic (exact) mass is 500 g/mol. The summed E-state index contributed by atoms with van der Waals surface area (Å²) in [6.07, 6.45) is 13.6. The number of amides is 1. The Labute approximate surface area is 217 Å². The Morgan fingerprint density at radius 2 is 1.97 bits per heavy atom. The van der Waals surface area contributed by atoms with Crippen molar-refractivity contribution in [3.8, 4) is 23.8 Å². The zero-order chi connectivity index (χ0) is 25.5. The topological polar surface area (TPSA) is 59.9 Å². The van der Waals surface area contributed by atoms with E-state index < -0.39 is 0 Å². The molecule has 3 aromatic rings. The van der Waals surface area contributed by atoms with E-state index in [9.17, 15) is 4.79 Å². The largest absolute Gasteiger partial charge is 0.493 e. The summed E-state index contributed by atoms with van der Waals surface area (Å²) in [6.45, 7) is 4.16. The molecule has 36 heavy (non-hydrogen) atoms. The van der Waals surface area contributed by atoms with Gasteiger partial charge in [-0.3, -0.25) is 4.79 Å². The van der Waals surface area contributed by atoms with E-state index in [-0.39, 0.29) is 12.5 Å². The second-order valence-corrected chi connectivity index (χ2v) is 10.1. The lowest BCUT2D eigenvalue weighted by Crippen LogP contribution is -2.15. The summed E-state index contributed by atoms with van der Waals surface area (Å²) in [5.74, 6) is 3.51. The quantitative estimate of drug-likeness (QED) is 0.279. The van der Waals surface area contributed by atoms with Gasteiger partial charge in [0.1, 0.15) is 11.6 Å². The standard InChI is InChI=1S/C30H32N2O3S/c1-5-17-35-28-22(11-10-13-25(28)34-4)19-31-30-27(23-12-8-6-7-9-14-26(23)36-30)29(33)32-24-18-20(2)15-16-21(24)3/h1,10-11,13,15-16,18-19H,6-9,12,14,17H2,2-4H3,(H,32,33). The van der Waals surface area contributed by atoms with Crippen LogP contribution in [-0.4, -0.2) is 25.8 Å². The molecule has 0 fully saturated rings. The predicted octanol–water partition coefficient (Wildman–Crippen LogP) is 7.05. The predicted molar refractivity (Wildman–Crippen MR) is 149 cm³/mol. The summed E-state index contributed by atoms with van der Waals surface area (Å²) < 4.78 is 11.2. The van der Waals surface area contributed by atoms with Crippen molar-refractivity contribution in [2.45, 2.75) is 52.4 Å². The Morgan fingerprint density at radius 1 is 1.17 bits per heavy atom. The lowest BCUT2D eigenvalue weighted by molar-refractivity contribution is 0.102. The highest BCUT2D eigenvalue weighted by molar-refractivity contribution is 7.16. The maximum atomic E-state index is 13.7. The van der Waals surface area contributed by atoms with Gasteiger partial charge in [-0.1, -0.05) is 37.0 Å². The van der Waals surface area contributed by atoms with Crippen LogP contribution in [0, 0.1) is 26.2 Å². The average molecular weight is 501 g/mol. The maximum absolute atomic E-state index is 13.7. The lowest BCUT2D eigenvalue weighted by Gasteiger charge is -2.13. The van der Waals surface area contributed by atoms with Gasteiger partial charge in [0.15, 0.2) is 11.5 Å². The molecule has 1 N–H and O–H groups in total. The van der Waals surface area contributed by atoms with Crippen LogP contribution in [0.5, 0.6) is 11.5 Å². The van der Waals surface area contributed by atoms with E-state index in [2.05, 4.69) is 17.3 Å². The average Bonchev–Trinajstić information content (AvgIpc) is 3.19. The van der Waals surface area contributed by atoms with Crippen LogP contribution in [-0.2, 0) is 12.8 Å². The number of aryl methyl sites for hydroxylation is 3. The number of fused-ring (bicyclic) bond motifs is 1. The highest BCUT2D eigenvalue weighted by Gasteiger charge is 2.24. The summed E-state index contributed by atoms with van der Waals surface area (Å²) in [5, 5.41) is 3.88. The summed E-state index contributed by atoms with van der Waals surface area (Å²) in [4.78, 5) is 19.8. The number of nitrogens with one attached hydrogen (secondary N) is 1. The molecule has 1 aromatic heterocycles. The summed E-state index contributed by atoms with van der Waals surface area (Å²) >= 11 is 1.62. The van der Waals surface area contributed by atoms with Gasteiger partial charge in [0.25, 0.3) is 5.91 Å². The third kappa shape index (κ3) is 5.80. The van der Waals surface area contributed by atoms with Crippen LogP contribution in [0.2, 0.25) is 0 Å². The molecular formula is C30H32N2O3S. The van der Waals surface area contributed by atoms with Gasteiger partial charge in [-0.2, -0.15) is 0 Å². The van der Waals surface area contributed by atoms with Crippen molar-refractivity contribution < 1.29 is 14.3 Å². The molecule has 6 heteroatoms. The van der Waals surface area contributed by atoms with Crippen molar-refractivity contribution in [1.82, 2.24) is 0 Å². The van der Waals surface area contributed by atoms with Gasteiger partial charge in [0.2, 0.25) is 0 Å². The number of thiophene rings is 1. The number of carbonyl (C=O) groups is 1. The number of hydrogen-bond donors (Lipinski definition) is 1. The number of para-hydroxylation sites is 1. The van der Waals surface area contributed by atoms with Gasteiger partial charge in [-0.05, 0) is 74.4 Å². The van der Waals surface area contributed by atoms with E-state index in [1.54, 1.807) is 24.7 Å². The fraction of sp³-hybridized carbons (Fsp3) is 0.333. The van der Waals surface area contributed by atoms with Crippen LogP contribution in [0.4, 0.5) is 10.7 Å². The molecule has 1 amide bonds. The second-order valence-electron chi connectivity index (χ2n) is 9.00. The Hall–Kier alpha value is -3.56. The zero-order valence-electron chi connectivity index (χ0n) is 21.1. The van der Waals surface area contributed by atoms with Gasteiger partial charge in [0.05, 0.1) is 12.7 Å². The molecule has 1 aliphatic rings. The van der Waals surface area contributed by atoms with Crippen molar-refractivity contribution >= 4 is 34.1 Å². The van der Waals surface area contributed by atoms with Crippen molar-refractivity contribution in [2.24, 2.45) is 4.99 Å². The summed E-state index contributed by atoms with van der Waals surface area (Å²) in [7, 11) is 1.59. The smallest absolute Gasteiger partial charge is 0.259 e. The molecule has 0 saturated heterocycles. The van der Waals surface area contributed by atoms with Crippen molar-refractivity contribution in [1.29, 1.82) is 0 Å². The number of anilines is 1. The molecule has 2 aromatic carbocycles. The van der Waals surface area contributed by atoms with Crippen LogP contribution in [0.15, 0.2) is 41.4 Å². The second kappa shape index (κ2) is 11.9. The first-order chi connectivity index (χ1) is 17.5. The van der Waals surface area contributed by atoms with Crippen LogP contribution in [0.1, 0.15) is 63.2 Å². The van der Waals surface area contributed by atoms with Crippen molar-refractivity contribution in [2.75, 3.05) is 19.0 Å². The number of benzene rings is 2. The number of ether oxygens (including phenoxy) is 2. The van der Waals surface area contributed by atoms with Gasteiger partial charge >= 0.3 is 0 Å². The maximum Gasteiger partial charge on any atom is 0.259 e. The highest BCUT2D eigenvalue weighted by atomic mass is 32.1. The minimum absolute atomic E-state index is 0.108. The number of methoxy groups -OCH3 is 1. The first-order valence-corrected chi connectivity index (χ1v) is 13.1. The van der Waals surface area contributed by atoms with E-state index in [0.717, 1.165) is 58.6 Å². The van der Waals surface area contributed by atoms with E-state index in [1.807, 2.05) is 44.2 Å². The first-order valence-electron chi connectivity index (χ1n) is 12.3. The van der Waals surface area contributed by atoms with Crippen LogP contribution in [0.3, 0.4) is 0 Å². The fourth-order valence-corrected chi connectivity index (χ4v) is 5.71. The SMILES string of the molecule is C#CCOc1c(C=Nc2sc3c(c2C(=O)Nc2cc(C)ccc2C)CCCCCC3)cccc1OC. The molecule has 186 valence electrons. The Kier molecular flexibility index (Phi) is 8.45. The Balaban J connectivity index is 1.75. The van der Waals surface area contributed by atoms with Gasteiger partial charge < -0.3 is 14.8 Å². The molecule has 0 aliphatic heterocycles. The molecule has 0 atom stereocenters. The fourth-order valence-electron chi connectivity index (χ4n) is 4.48. The Bertz CT molecular complexity index is 1320. The molecule has 5 nitrogen and oxygen atoms in total. The van der Waals surface area contributed by atoms with Gasteiger partial charge in [-0.15, -0.1) is 17.8 Å². The van der Waals surface area contributed by atoms with Crippen LogP contribution >= 0.6 is 11.3 Å². The number of aliphatic imine (C=N–C) groups is 1. The molecule has 1 aliphatic carbocycles. The first kappa shape index (κ1) is 25.5. The minimum atomic E-state index is -0.108. The van der Waals surface area contributed by atoms with E-state index in [0.29, 0.717) is 17.1 Å². The number of nitrogens with zero attached hydrogens (tertiary/aromatic N) is 1. The lowest BCUT2D eigenvalue weighted by atomic mass is 9.96. The molecule has 0 bridgehead atoms. The molecular weight excluding hydrogens is 468 g/mol. The number of terminal acetylenes is 1. The molecule has 0 saturated carbocycles. The van der Waals surface area contributed by atoms with Crippen molar-refractivity contribution in [3.63, 3.8) is 0 Å². The number of carbonyl (C=O) groups excluding carboxylic acids is 1. The summed E-state index contributed by atoms with van der Waals surface area (Å²) in [5.41, 5.74) is 5.54. The molecule has 0 unspecified atom stereocenters. The van der Waals surface area contributed by atoms with Crippen LogP contribution in [0.25, 0.3) is 0 Å². The summed E-state index contributed by atoms with van der Waals surface area (Å²) in [6, 6.07) is 11.7. The number of rotatable bonds is 7. The minimum Gasteiger partial charge on any atom is -0.493 e. The van der Waals surface area contributed by atoms with Gasteiger partial charge in [-0.25, -0.2) is 4.99 Å². The van der Waals surface area contributed by atoms with E-state index in [1.165, 1.54) is 17.7 Å². The zero-order valence-corrected chi connectivity index (χ0v) is 22.0. The van der Waals surface area contributed by atoms with Gasteiger partial charge in [0, 0.05) is 22.3 Å². The van der Waals surface area contributed by atoms with Crippen LogP contribution < -0.4 is 14.8 Å². The molecule has 0 radical (unpaired) electrons. The normalized spacial score (nSPS) is 13.4. The Morgan fingerprint density at radius 3 is 2.75 bits per heavy atom. The molecule has 0 spiro atoms. The molecule has 1 heterocycles. The molecule has 4 rings (SSSR count). The highest BCUT2D eigenvalue weighted by Crippen LogP contribution is 2.40. The third-order valence-electron chi connectivity index (χ3n) is 6.37. The van der Waals surface area contributed by atoms with Crippen molar-refractivity contribution in [3.05, 3.63) is 69.1 Å².